The van der Waals surface area contributed by atoms with Gasteiger partial charge in [-0.1, -0.05) is 48.5 Å². The van der Waals surface area contributed by atoms with Crippen molar-refractivity contribution >= 4 is 11.8 Å². The average Bonchev–Trinajstić information content (AvgIpc) is 2.53. The van der Waals surface area contributed by atoms with Crippen LogP contribution in [0.25, 0.3) is 0 Å². The van der Waals surface area contributed by atoms with Crippen molar-refractivity contribution in [3.63, 3.8) is 0 Å². The molecule has 0 aromatic heterocycles. The third kappa shape index (κ3) is 2.43. The first-order chi connectivity index (χ1) is 10.2. The first kappa shape index (κ1) is 13.1. The standard InChI is InChI=1S/C17H12O4/c18-16(17(19)20)15-10-13(11-6-2-1-3-7-11)12-8-4-5-9-14(12)21-15/h1-10,13H,(H,19,20). The van der Waals surface area contributed by atoms with Gasteiger partial charge >= 0.3 is 11.8 Å². The third-order valence-electron chi connectivity index (χ3n) is 3.37. The molecule has 0 bridgehead atoms. The lowest BCUT2D eigenvalue weighted by atomic mass is 9.88. The Labute approximate surface area is 121 Å². The lowest BCUT2D eigenvalue weighted by Gasteiger charge is -2.24. The number of carbonyl (C=O) groups excluding carboxylic acids is 1. The molecule has 1 unspecified atom stereocenters. The summed E-state index contributed by atoms with van der Waals surface area (Å²) in [6.45, 7) is 0. The van der Waals surface area contributed by atoms with E-state index < -0.39 is 11.8 Å². The summed E-state index contributed by atoms with van der Waals surface area (Å²) in [5.74, 6) is -2.39. The Balaban J connectivity index is 2.11. The van der Waals surface area contributed by atoms with Crippen LogP contribution in [-0.4, -0.2) is 16.9 Å². The summed E-state index contributed by atoms with van der Waals surface area (Å²) in [7, 11) is 0. The molecular formula is C17H12O4. The number of carbonyl (C=O) groups is 2. The van der Waals surface area contributed by atoms with Crippen LogP contribution in [0.5, 0.6) is 5.75 Å². The Kier molecular flexibility index (Phi) is 3.28. The number of carboxylic acids is 1. The first-order valence-corrected chi connectivity index (χ1v) is 6.48. The fraction of sp³-hybridized carbons (Fsp3) is 0.0588. The summed E-state index contributed by atoms with van der Waals surface area (Å²) in [6.07, 6.45) is 1.56. The van der Waals surface area contributed by atoms with Crippen LogP contribution >= 0.6 is 0 Å². The monoisotopic (exact) mass is 280 g/mol. The maximum Gasteiger partial charge on any atom is 0.380 e. The number of para-hydroxylation sites is 1. The number of hydrogen-bond acceptors (Lipinski definition) is 3. The number of benzene rings is 2. The molecule has 1 atom stereocenters. The van der Waals surface area contributed by atoms with Crippen LogP contribution in [0.2, 0.25) is 0 Å². The van der Waals surface area contributed by atoms with Gasteiger partial charge in [0.05, 0.1) is 0 Å². The zero-order chi connectivity index (χ0) is 14.8. The largest absolute Gasteiger partial charge is 0.475 e. The highest BCUT2D eigenvalue weighted by atomic mass is 16.5. The predicted molar refractivity (Wildman–Crippen MR) is 76.1 cm³/mol. The maximum atomic E-state index is 11.7. The van der Waals surface area contributed by atoms with Crippen molar-refractivity contribution in [1.29, 1.82) is 0 Å². The Morgan fingerprint density at radius 3 is 2.33 bits per heavy atom. The second-order valence-electron chi connectivity index (χ2n) is 4.69. The van der Waals surface area contributed by atoms with Crippen LogP contribution in [0.4, 0.5) is 0 Å². The molecule has 0 radical (unpaired) electrons. The second kappa shape index (κ2) is 5.25. The van der Waals surface area contributed by atoms with Gasteiger partial charge in [-0.05, 0) is 17.7 Å². The summed E-state index contributed by atoms with van der Waals surface area (Å²) in [5.41, 5.74) is 1.88. The minimum Gasteiger partial charge on any atom is -0.475 e. The Hall–Kier alpha value is -2.88. The van der Waals surface area contributed by atoms with E-state index in [1.165, 1.54) is 0 Å². The number of rotatable bonds is 3. The van der Waals surface area contributed by atoms with E-state index in [-0.39, 0.29) is 11.7 Å². The highest BCUT2D eigenvalue weighted by molar-refractivity contribution is 6.39. The van der Waals surface area contributed by atoms with Crippen LogP contribution in [0.3, 0.4) is 0 Å². The summed E-state index contributed by atoms with van der Waals surface area (Å²) in [5, 5.41) is 8.87. The Morgan fingerprint density at radius 1 is 0.952 bits per heavy atom. The SMILES string of the molecule is O=C(O)C(=O)C1=CC(c2ccccc2)c2ccccc2O1. The van der Waals surface area contributed by atoms with Crippen LogP contribution in [0, 0.1) is 0 Å². The Bertz CT molecular complexity index is 731. The topological polar surface area (TPSA) is 63.6 Å². The molecule has 0 fully saturated rings. The van der Waals surface area contributed by atoms with Crippen LogP contribution in [0.15, 0.2) is 66.4 Å². The molecule has 0 saturated carbocycles. The quantitative estimate of drug-likeness (QED) is 0.878. The number of ether oxygens (including phenoxy) is 1. The highest BCUT2D eigenvalue weighted by Gasteiger charge is 2.29. The molecule has 1 heterocycles. The van der Waals surface area contributed by atoms with Crippen LogP contribution in [-0.2, 0) is 9.59 Å². The van der Waals surface area contributed by atoms with Crippen LogP contribution in [0.1, 0.15) is 17.0 Å². The smallest absolute Gasteiger partial charge is 0.380 e. The van der Waals surface area contributed by atoms with Gasteiger partial charge < -0.3 is 9.84 Å². The molecule has 1 aliphatic heterocycles. The van der Waals surface area contributed by atoms with Gasteiger partial charge in [-0.3, -0.25) is 4.79 Å². The second-order valence-corrected chi connectivity index (χ2v) is 4.69. The van der Waals surface area contributed by atoms with Gasteiger partial charge in [-0.2, -0.15) is 0 Å². The minimum absolute atomic E-state index is 0.143. The van der Waals surface area contributed by atoms with Crippen molar-refractivity contribution in [3.8, 4) is 5.75 Å². The van der Waals surface area contributed by atoms with Gasteiger partial charge in [0.15, 0.2) is 5.76 Å². The number of Topliss-reactive ketones (excluding diaryl/α,β-unsaturated/α-hetero) is 1. The molecule has 0 spiro atoms. The molecule has 1 aliphatic rings. The fourth-order valence-electron chi connectivity index (χ4n) is 2.39. The zero-order valence-corrected chi connectivity index (χ0v) is 11.0. The van der Waals surface area contributed by atoms with Crippen molar-refractivity contribution in [2.24, 2.45) is 0 Å². The average molecular weight is 280 g/mol. The van der Waals surface area contributed by atoms with E-state index in [0.29, 0.717) is 5.75 Å². The van der Waals surface area contributed by atoms with E-state index in [9.17, 15) is 9.59 Å². The normalized spacial score (nSPS) is 16.4. The molecule has 3 rings (SSSR count). The summed E-state index contributed by atoms with van der Waals surface area (Å²) in [4.78, 5) is 22.6. The summed E-state index contributed by atoms with van der Waals surface area (Å²) >= 11 is 0. The van der Waals surface area contributed by atoms with E-state index in [1.807, 2.05) is 42.5 Å². The molecule has 1 N–H and O–H groups in total. The van der Waals surface area contributed by atoms with Gasteiger partial charge in [0.25, 0.3) is 0 Å². The lowest BCUT2D eigenvalue weighted by Crippen LogP contribution is -2.22. The van der Waals surface area contributed by atoms with Gasteiger partial charge in [0.2, 0.25) is 0 Å². The minimum atomic E-state index is -1.52. The molecule has 104 valence electrons. The zero-order valence-electron chi connectivity index (χ0n) is 11.0. The number of aliphatic carboxylic acids is 1. The molecular weight excluding hydrogens is 268 g/mol. The fourth-order valence-corrected chi connectivity index (χ4v) is 2.39. The van der Waals surface area contributed by atoms with Gasteiger partial charge in [-0.15, -0.1) is 0 Å². The third-order valence-corrected chi connectivity index (χ3v) is 3.37. The van der Waals surface area contributed by atoms with Crippen molar-refractivity contribution < 1.29 is 19.4 Å². The van der Waals surface area contributed by atoms with Gasteiger partial charge in [0.1, 0.15) is 5.75 Å². The number of ketones is 1. The first-order valence-electron chi connectivity index (χ1n) is 6.48. The van der Waals surface area contributed by atoms with E-state index in [0.717, 1.165) is 11.1 Å². The van der Waals surface area contributed by atoms with Crippen molar-refractivity contribution in [3.05, 3.63) is 77.6 Å². The molecule has 0 amide bonds. The number of hydrogen-bond donors (Lipinski definition) is 1. The van der Waals surface area contributed by atoms with Crippen LogP contribution < -0.4 is 4.74 Å². The predicted octanol–water partition coefficient (Wildman–Crippen LogP) is 2.75. The number of carboxylic acid groups (broad SMARTS) is 1. The lowest BCUT2D eigenvalue weighted by molar-refractivity contribution is -0.148. The molecule has 21 heavy (non-hydrogen) atoms. The Morgan fingerprint density at radius 2 is 1.62 bits per heavy atom. The molecule has 4 nitrogen and oxygen atoms in total. The molecule has 2 aromatic carbocycles. The summed E-state index contributed by atoms with van der Waals surface area (Å²) < 4.78 is 5.44. The molecule has 0 aliphatic carbocycles. The molecule has 2 aromatic rings. The highest BCUT2D eigenvalue weighted by Crippen LogP contribution is 2.38. The summed E-state index contributed by atoms with van der Waals surface area (Å²) in [6, 6.07) is 16.9. The van der Waals surface area contributed by atoms with Gasteiger partial charge in [-0.25, -0.2) is 4.79 Å². The van der Waals surface area contributed by atoms with E-state index in [2.05, 4.69) is 0 Å². The maximum absolute atomic E-state index is 11.7. The van der Waals surface area contributed by atoms with E-state index >= 15 is 0 Å². The number of fused-ring (bicyclic) bond motifs is 1. The van der Waals surface area contributed by atoms with Gasteiger partial charge in [0, 0.05) is 11.5 Å². The molecule has 4 heteroatoms. The van der Waals surface area contributed by atoms with E-state index in [1.54, 1.807) is 18.2 Å². The van der Waals surface area contributed by atoms with Crippen molar-refractivity contribution in [2.45, 2.75) is 5.92 Å². The molecule has 0 saturated heterocycles. The van der Waals surface area contributed by atoms with Crippen molar-refractivity contribution in [1.82, 2.24) is 0 Å². The number of allylic oxidation sites excluding steroid dienone is 1. The van der Waals surface area contributed by atoms with E-state index in [4.69, 9.17) is 9.84 Å². The van der Waals surface area contributed by atoms with Crippen molar-refractivity contribution in [2.75, 3.05) is 0 Å².